The van der Waals surface area contributed by atoms with E-state index in [1.54, 1.807) is 0 Å². The Balaban J connectivity index is 1.31. The molecule has 4 fully saturated rings. The number of carbonyl (C=O) groups excluding carboxylic acids is 1. The molecule has 7 rings (SSSR count). The highest BCUT2D eigenvalue weighted by Gasteiger charge is 2.55. The quantitative estimate of drug-likeness (QED) is 0.707. The maximum atomic E-state index is 13.3. The Hall–Kier alpha value is -2.63. The number of para-hydroxylation sites is 1. The molecule has 3 unspecified atom stereocenters. The van der Waals surface area contributed by atoms with Crippen LogP contribution in [-0.4, -0.2) is 66.0 Å². The van der Waals surface area contributed by atoms with Crippen molar-refractivity contribution < 1.29 is 4.79 Å². The first-order valence-corrected chi connectivity index (χ1v) is 11.1. The number of hydrogen-bond donors (Lipinski definition) is 2. The molecule has 0 radical (unpaired) electrons. The number of nitrogens with zero attached hydrogens (tertiary/aromatic N) is 2. The molecule has 4 bridgehead atoms. The SMILES string of the molecule is O=C(Cc1c[nH]c2ccccc12)NC1C2CN3CCN(C2)CC1(c1ccccc1)C3. The fraction of sp³-hybridized carbons (Fsp3) is 0.400. The lowest BCUT2D eigenvalue weighted by Crippen LogP contribution is -2.70. The first-order valence-electron chi connectivity index (χ1n) is 11.1. The molecule has 0 spiro atoms. The third kappa shape index (κ3) is 2.88. The highest BCUT2D eigenvalue weighted by molar-refractivity contribution is 5.89. The van der Waals surface area contributed by atoms with Crippen LogP contribution in [0.1, 0.15) is 11.1 Å². The zero-order valence-corrected chi connectivity index (χ0v) is 17.2. The van der Waals surface area contributed by atoms with Crippen LogP contribution in [0.25, 0.3) is 10.9 Å². The van der Waals surface area contributed by atoms with Gasteiger partial charge in [-0.1, -0.05) is 48.5 Å². The summed E-state index contributed by atoms with van der Waals surface area (Å²) >= 11 is 0. The minimum absolute atomic E-state index is 0.0329. The summed E-state index contributed by atoms with van der Waals surface area (Å²) < 4.78 is 0. The van der Waals surface area contributed by atoms with Gasteiger partial charge in [-0.2, -0.15) is 0 Å². The summed E-state index contributed by atoms with van der Waals surface area (Å²) in [6, 6.07) is 19.3. The van der Waals surface area contributed by atoms with Crippen LogP contribution >= 0.6 is 0 Å². The number of H-pyrrole nitrogens is 1. The maximum Gasteiger partial charge on any atom is 0.224 e. The molecule has 1 amide bonds. The van der Waals surface area contributed by atoms with Gasteiger partial charge in [-0.3, -0.25) is 4.79 Å². The summed E-state index contributed by atoms with van der Waals surface area (Å²) in [5.74, 6) is 0.610. The average molecular weight is 401 g/mol. The molecule has 5 nitrogen and oxygen atoms in total. The largest absolute Gasteiger partial charge is 0.361 e. The van der Waals surface area contributed by atoms with Gasteiger partial charge in [0.05, 0.1) is 6.42 Å². The Kier molecular flexibility index (Phi) is 4.22. The van der Waals surface area contributed by atoms with Gasteiger partial charge in [0.1, 0.15) is 0 Å². The number of amides is 1. The number of fused-ring (bicyclic) bond motifs is 2. The van der Waals surface area contributed by atoms with Crippen molar-refractivity contribution in [3.8, 4) is 0 Å². The Morgan fingerprint density at radius 3 is 2.47 bits per heavy atom. The van der Waals surface area contributed by atoms with E-state index >= 15 is 0 Å². The fourth-order valence-corrected chi connectivity index (χ4v) is 6.24. The average Bonchev–Trinajstić information content (AvgIpc) is 2.99. The van der Waals surface area contributed by atoms with Crippen molar-refractivity contribution in [2.24, 2.45) is 5.92 Å². The van der Waals surface area contributed by atoms with Crippen molar-refractivity contribution in [3.05, 3.63) is 71.9 Å². The van der Waals surface area contributed by atoms with Crippen molar-refractivity contribution in [2.45, 2.75) is 17.9 Å². The summed E-state index contributed by atoms with van der Waals surface area (Å²) in [5, 5.41) is 4.67. The molecule has 154 valence electrons. The standard InChI is InChI=1S/C25H28N4O/c30-23(12-18-13-26-22-9-5-4-8-21(18)22)27-24-19-14-28-10-11-29(15-19)17-25(24,16-28)20-6-2-1-3-7-20/h1-9,13,19,24,26H,10-12,14-17H2,(H,27,30). The second-order valence-corrected chi connectivity index (χ2v) is 9.33. The molecule has 4 aliphatic heterocycles. The van der Waals surface area contributed by atoms with Gasteiger partial charge in [-0.05, 0) is 17.2 Å². The smallest absolute Gasteiger partial charge is 0.224 e. The van der Waals surface area contributed by atoms with Gasteiger partial charge in [-0.15, -0.1) is 0 Å². The van der Waals surface area contributed by atoms with Crippen LogP contribution in [0.4, 0.5) is 0 Å². The van der Waals surface area contributed by atoms with Gasteiger partial charge in [0.25, 0.3) is 0 Å². The number of hydrogen-bond acceptors (Lipinski definition) is 3. The Morgan fingerprint density at radius 2 is 1.70 bits per heavy atom. The normalized spacial score (nSPS) is 32.3. The van der Waals surface area contributed by atoms with Crippen LogP contribution < -0.4 is 5.32 Å². The third-order valence-electron chi connectivity index (χ3n) is 7.49. The van der Waals surface area contributed by atoms with Crippen LogP contribution in [0, 0.1) is 5.92 Å². The lowest BCUT2D eigenvalue weighted by atomic mass is 9.64. The number of benzene rings is 2. The van der Waals surface area contributed by atoms with Crippen molar-refractivity contribution >= 4 is 16.8 Å². The Labute approximate surface area is 177 Å². The highest BCUT2D eigenvalue weighted by Crippen LogP contribution is 2.43. The Bertz CT molecular complexity index is 1060. The monoisotopic (exact) mass is 400 g/mol. The van der Waals surface area contributed by atoms with Gasteiger partial charge < -0.3 is 20.1 Å². The molecule has 0 aliphatic carbocycles. The van der Waals surface area contributed by atoms with Crippen molar-refractivity contribution in [1.82, 2.24) is 20.1 Å². The van der Waals surface area contributed by atoms with Gasteiger partial charge in [-0.25, -0.2) is 0 Å². The molecule has 2 N–H and O–H groups in total. The van der Waals surface area contributed by atoms with E-state index in [0.29, 0.717) is 12.3 Å². The van der Waals surface area contributed by atoms with Crippen molar-refractivity contribution in [2.75, 3.05) is 39.3 Å². The number of aromatic amines is 1. The van der Waals surface area contributed by atoms with Crippen LogP contribution in [-0.2, 0) is 16.6 Å². The summed E-state index contributed by atoms with van der Waals surface area (Å²) in [4.78, 5) is 21.8. The number of rotatable bonds is 4. The summed E-state index contributed by atoms with van der Waals surface area (Å²) in [6.07, 6.45) is 2.40. The van der Waals surface area contributed by atoms with E-state index in [-0.39, 0.29) is 17.4 Å². The zero-order chi connectivity index (χ0) is 20.1. The minimum atomic E-state index is -0.0329. The topological polar surface area (TPSA) is 51.4 Å². The van der Waals surface area contributed by atoms with Gasteiger partial charge in [0, 0.05) is 73.7 Å². The predicted molar refractivity (Wildman–Crippen MR) is 118 cm³/mol. The summed E-state index contributed by atoms with van der Waals surface area (Å²) in [6.45, 7) is 6.51. The number of aromatic nitrogens is 1. The molecule has 3 atom stereocenters. The maximum absolute atomic E-state index is 13.3. The molecule has 1 aromatic heterocycles. The molecule has 4 saturated heterocycles. The lowest BCUT2D eigenvalue weighted by molar-refractivity contribution is -0.123. The van der Waals surface area contributed by atoms with Crippen LogP contribution in [0.5, 0.6) is 0 Å². The van der Waals surface area contributed by atoms with Gasteiger partial charge >= 0.3 is 0 Å². The van der Waals surface area contributed by atoms with E-state index in [1.807, 2.05) is 18.3 Å². The minimum Gasteiger partial charge on any atom is -0.361 e. The first-order chi connectivity index (χ1) is 14.7. The third-order valence-corrected chi connectivity index (χ3v) is 7.49. The fourth-order valence-electron chi connectivity index (χ4n) is 6.24. The molecular weight excluding hydrogens is 372 g/mol. The van der Waals surface area contributed by atoms with E-state index in [2.05, 4.69) is 62.6 Å². The second-order valence-electron chi connectivity index (χ2n) is 9.33. The molecule has 30 heavy (non-hydrogen) atoms. The molecule has 3 aromatic rings. The Morgan fingerprint density at radius 1 is 1.00 bits per heavy atom. The van der Waals surface area contributed by atoms with E-state index in [9.17, 15) is 4.79 Å². The summed E-state index contributed by atoms with van der Waals surface area (Å²) in [7, 11) is 0. The van der Waals surface area contributed by atoms with Crippen LogP contribution in [0.15, 0.2) is 60.8 Å². The van der Waals surface area contributed by atoms with Crippen LogP contribution in [0.3, 0.4) is 0 Å². The van der Waals surface area contributed by atoms with E-state index in [4.69, 9.17) is 0 Å². The number of piperidine rings is 2. The second kappa shape index (κ2) is 6.96. The first kappa shape index (κ1) is 18.2. The lowest BCUT2D eigenvalue weighted by Gasteiger charge is -2.55. The highest BCUT2D eigenvalue weighted by atomic mass is 16.1. The number of nitrogens with one attached hydrogen (secondary N) is 2. The summed E-state index contributed by atoms with van der Waals surface area (Å²) in [5.41, 5.74) is 3.50. The molecule has 5 heterocycles. The van der Waals surface area contributed by atoms with Gasteiger partial charge in [0.2, 0.25) is 5.91 Å². The number of carbonyl (C=O) groups is 1. The van der Waals surface area contributed by atoms with Gasteiger partial charge in [0.15, 0.2) is 0 Å². The van der Waals surface area contributed by atoms with E-state index in [0.717, 1.165) is 55.7 Å². The predicted octanol–water partition coefficient (Wildman–Crippen LogP) is 2.39. The van der Waals surface area contributed by atoms with Crippen molar-refractivity contribution in [3.63, 3.8) is 0 Å². The molecule has 4 aliphatic rings. The van der Waals surface area contributed by atoms with E-state index in [1.165, 1.54) is 5.56 Å². The molecule has 0 saturated carbocycles. The molecule has 5 heteroatoms. The van der Waals surface area contributed by atoms with Crippen LogP contribution in [0.2, 0.25) is 0 Å². The van der Waals surface area contributed by atoms with E-state index < -0.39 is 0 Å². The zero-order valence-electron chi connectivity index (χ0n) is 17.2. The van der Waals surface area contributed by atoms with Crippen molar-refractivity contribution in [1.29, 1.82) is 0 Å². The molecule has 2 aromatic carbocycles. The molecular formula is C25H28N4O.